The first-order valence-electron chi connectivity index (χ1n) is 8.84. The highest BCUT2D eigenvalue weighted by molar-refractivity contribution is 6.30. The zero-order chi connectivity index (χ0) is 19.2. The number of benzene rings is 1. The first kappa shape index (κ1) is 19.3. The van der Waals surface area contributed by atoms with Crippen LogP contribution in [0.15, 0.2) is 42.6 Å². The predicted molar refractivity (Wildman–Crippen MR) is 102 cm³/mol. The van der Waals surface area contributed by atoms with Gasteiger partial charge in [0.05, 0.1) is 25.4 Å². The zero-order valence-electron chi connectivity index (χ0n) is 15.2. The second-order valence-corrected chi connectivity index (χ2v) is 6.94. The van der Waals surface area contributed by atoms with Crippen molar-refractivity contribution in [2.24, 2.45) is 0 Å². The second-order valence-electron chi connectivity index (χ2n) is 6.51. The summed E-state index contributed by atoms with van der Waals surface area (Å²) < 4.78 is 5.78. The minimum Gasteiger partial charge on any atom is -0.368 e. The lowest BCUT2D eigenvalue weighted by molar-refractivity contribution is -0.139. The van der Waals surface area contributed by atoms with Crippen molar-refractivity contribution < 1.29 is 14.3 Å². The molecule has 1 fully saturated rings. The van der Waals surface area contributed by atoms with Gasteiger partial charge in [-0.3, -0.25) is 14.6 Å². The highest BCUT2D eigenvalue weighted by atomic mass is 35.5. The van der Waals surface area contributed by atoms with E-state index in [0.717, 1.165) is 28.3 Å². The molecule has 1 aromatic heterocycles. The molecule has 1 aromatic carbocycles. The van der Waals surface area contributed by atoms with Gasteiger partial charge in [0.15, 0.2) is 0 Å². The molecule has 3 rings (SSSR count). The van der Waals surface area contributed by atoms with E-state index in [1.54, 1.807) is 4.90 Å². The van der Waals surface area contributed by atoms with Crippen LogP contribution in [0.1, 0.15) is 29.8 Å². The van der Waals surface area contributed by atoms with Gasteiger partial charge in [-0.05, 0) is 35.7 Å². The molecule has 0 bridgehead atoms. The van der Waals surface area contributed by atoms with Gasteiger partial charge in [0.25, 0.3) is 0 Å². The molecular weight excluding hydrogens is 366 g/mol. The Labute approximate surface area is 163 Å². The summed E-state index contributed by atoms with van der Waals surface area (Å²) in [5, 5.41) is 3.25. The summed E-state index contributed by atoms with van der Waals surface area (Å²) in [5.74, 6) is -0.332. The van der Waals surface area contributed by atoms with Crippen LogP contribution in [-0.2, 0) is 20.7 Å². The molecule has 1 N–H and O–H groups in total. The Balaban J connectivity index is 1.60. The van der Waals surface area contributed by atoms with E-state index >= 15 is 0 Å². The molecule has 0 aliphatic carbocycles. The number of pyridine rings is 1. The number of hydrogen-bond acceptors (Lipinski definition) is 4. The molecule has 0 saturated carbocycles. The van der Waals surface area contributed by atoms with E-state index < -0.39 is 0 Å². The first-order chi connectivity index (χ1) is 13.0. The molecule has 27 heavy (non-hydrogen) atoms. The number of nitrogens with one attached hydrogen (secondary N) is 1. The summed E-state index contributed by atoms with van der Waals surface area (Å²) in [6.07, 6.45) is 2.32. The number of aromatic nitrogens is 1. The molecule has 2 heterocycles. The number of hydrogen-bond donors (Lipinski definition) is 1. The van der Waals surface area contributed by atoms with Crippen LogP contribution in [-0.4, -0.2) is 47.9 Å². The summed E-state index contributed by atoms with van der Waals surface area (Å²) in [6, 6.07) is 11.7. The summed E-state index contributed by atoms with van der Waals surface area (Å²) in [7, 11) is 0. The van der Waals surface area contributed by atoms with Gasteiger partial charge in [0, 0.05) is 24.7 Å². The van der Waals surface area contributed by atoms with Crippen LogP contribution in [0.5, 0.6) is 0 Å². The summed E-state index contributed by atoms with van der Waals surface area (Å²) in [6.45, 7) is 2.79. The van der Waals surface area contributed by atoms with Gasteiger partial charge < -0.3 is 15.0 Å². The highest BCUT2D eigenvalue weighted by Gasteiger charge is 2.26. The van der Waals surface area contributed by atoms with E-state index in [0.29, 0.717) is 19.7 Å². The first-order valence-corrected chi connectivity index (χ1v) is 9.22. The number of carbonyl (C=O) groups is 2. The van der Waals surface area contributed by atoms with Crippen LogP contribution in [0.4, 0.5) is 0 Å². The Morgan fingerprint density at radius 1 is 1.30 bits per heavy atom. The fraction of sp³-hybridized carbons (Fsp3) is 0.350. The minimum atomic E-state index is -0.264. The molecule has 1 aliphatic rings. The normalized spacial score (nSPS) is 16.8. The minimum absolute atomic E-state index is 0.00799. The van der Waals surface area contributed by atoms with Gasteiger partial charge in [-0.15, -0.1) is 0 Å². The lowest BCUT2D eigenvalue weighted by Gasteiger charge is -2.32. The highest BCUT2D eigenvalue weighted by Crippen LogP contribution is 2.21. The standard InChI is InChI=1S/C20H22ClN3O3/c1-14(25)22-12-20(26)24-7-8-27-19(13-24)18-6-5-16(11-23-18)9-15-3-2-4-17(21)10-15/h2-6,10-11,19H,7-9,12-13H2,1H3,(H,22,25)/t19-/m0/s1. The third-order valence-electron chi connectivity index (χ3n) is 4.38. The van der Waals surface area contributed by atoms with Crippen LogP contribution >= 0.6 is 11.6 Å². The summed E-state index contributed by atoms with van der Waals surface area (Å²) >= 11 is 6.03. The Morgan fingerprint density at radius 3 is 2.85 bits per heavy atom. The van der Waals surface area contributed by atoms with Crippen molar-refractivity contribution in [3.63, 3.8) is 0 Å². The quantitative estimate of drug-likeness (QED) is 0.854. The fourth-order valence-corrected chi connectivity index (χ4v) is 3.19. The van der Waals surface area contributed by atoms with Crippen molar-refractivity contribution in [3.8, 4) is 0 Å². The number of rotatable bonds is 5. The van der Waals surface area contributed by atoms with Gasteiger partial charge in [0.2, 0.25) is 11.8 Å². The SMILES string of the molecule is CC(=O)NCC(=O)N1CCO[C@H](c2ccc(Cc3cccc(Cl)c3)cn2)C1. The molecule has 6 nitrogen and oxygen atoms in total. The van der Waals surface area contributed by atoms with Crippen molar-refractivity contribution in [1.29, 1.82) is 0 Å². The largest absolute Gasteiger partial charge is 0.368 e. The number of morpholine rings is 1. The Morgan fingerprint density at radius 2 is 2.15 bits per heavy atom. The van der Waals surface area contributed by atoms with Crippen molar-refractivity contribution in [2.75, 3.05) is 26.2 Å². The molecule has 142 valence electrons. The maximum absolute atomic E-state index is 12.2. The molecule has 0 spiro atoms. The smallest absolute Gasteiger partial charge is 0.242 e. The second kappa shape index (κ2) is 8.97. The third-order valence-corrected chi connectivity index (χ3v) is 4.62. The fourth-order valence-electron chi connectivity index (χ4n) is 2.98. The van der Waals surface area contributed by atoms with Crippen LogP contribution in [0, 0.1) is 0 Å². The average Bonchev–Trinajstić information content (AvgIpc) is 2.67. The number of carbonyl (C=O) groups excluding carboxylic acids is 2. The van der Waals surface area contributed by atoms with E-state index in [2.05, 4.69) is 10.3 Å². The van der Waals surface area contributed by atoms with Crippen LogP contribution in [0.2, 0.25) is 5.02 Å². The number of nitrogens with zero attached hydrogens (tertiary/aromatic N) is 2. The molecule has 1 atom stereocenters. The average molecular weight is 388 g/mol. The summed E-state index contributed by atoms with van der Waals surface area (Å²) in [4.78, 5) is 29.4. The van der Waals surface area contributed by atoms with Crippen molar-refractivity contribution >= 4 is 23.4 Å². The van der Waals surface area contributed by atoms with Crippen molar-refractivity contribution in [3.05, 3.63) is 64.4 Å². The monoisotopic (exact) mass is 387 g/mol. The van der Waals surface area contributed by atoms with E-state index in [1.807, 2.05) is 42.6 Å². The van der Waals surface area contributed by atoms with Gasteiger partial charge in [-0.25, -0.2) is 0 Å². The molecule has 2 amide bonds. The van der Waals surface area contributed by atoms with E-state index in [-0.39, 0.29) is 24.5 Å². The number of ether oxygens (including phenoxy) is 1. The molecule has 2 aromatic rings. The maximum atomic E-state index is 12.2. The van der Waals surface area contributed by atoms with Gasteiger partial charge in [0.1, 0.15) is 6.10 Å². The Kier molecular flexibility index (Phi) is 6.42. The van der Waals surface area contributed by atoms with Gasteiger partial charge in [-0.1, -0.05) is 29.8 Å². The molecule has 1 saturated heterocycles. The molecule has 0 radical (unpaired) electrons. The molecular formula is C20H22ClN3O3. The van der Waals surface area contributed by atoms with Crippen molar-refractivity contribution in [2.45, 2.75) is 19.4 Å². The summed E-state index contributed by atoms with van der Waals surface area (Å²) in [5.41, 5.74) is 3.00. The van der Waals surface area contributed by atoms with Gasteiger partial charge >= 0.3 is 0 Å². The van der Waals surface area contributed by atoms with Crippen LogP contribution in [0.3, 0.4) is 0 Å². The third kappa shape index (κ3) is 5.52. The lowest BCUT2D eigenvalue weighted by atomic mass is 10.1. The number of amides is 2. The van der Waals surface area contributed by atoms with Crippen molar-refractivity contribution in [1.82, 2.24) is 15.2 Å². The van der Waals surface area contributed by atoms with E-state index in [4.69, 9.17) is 16.3 Å². The maximum Gasteiger partial charge on any atom is 0.242 e. The number of halogens is 1. The molecule has 0 unspecified atom stereocenters. The Hall–Kier alpha value is -2.44. The van der Waals surface area contributed by atoms with Crippen LogP contribution < -0.4 is 5.32 Å². The van der Waals surface area contributed by atoms with E-state index in [1.165, 1.54) is 6.92 Å². The Bertz CT molecular complexity index is 810. The predicted octanol–water partition coefficient (Wildman–Crippen LogP) is 2.36. The van der Waals surface area contributed by atoms with Gasteiger partial charge in [-0.2, -0.15) is 0 Å². The molecule has 7 heteroatoms. The van der Waals surface area contributed by atoms with E-state index in [9.17, 15) is 9.59 Å². The topological polar surface area (TPSA) is 71.5 Å². The molecule has 1 aliphatic heterocycles. The zero-order valence-corrected chi connectivity index (χ0v) is 15.9. The lowest BCUT2D eigenvalue weighted by Crippen LogP contribution is -2.46. The van der Waals surface area contributed by atoms with Crippen LogP contribution in [0.25, 0.3) is 0 Å².